The normalized spacial score (nSPS) is 17.5. The van der Waals surface area contributed by atoms with Crippen molar-refractivity contribution in [2.24, 2.45) is 9.98 Å². The Bertz CT molecular complexity index is 971. The van der Waals surface area contributed by atoms with Gasteiger partial charge in [-0.15, -0.1) is 0 Å². The van der Waals surface area contributed by atoms with Crippen LogP contribution in [0.2, 0.25) is 0 Å². The monoisotopic (exact) mass is 403 g/mol. The van der Waals surface area contributed by atoms with Crippen molar-refractivity contribution >= 4 is 18.3 Å². The zero-order chi connectivity index (χ0) is 21.3. The second-order valence-electron chi connectivity index (χ2n) is 7.23. The number of aromatic amines is 1. The van der Waals surface area contributed by atoms with Gasteiger partial charge in [0.2, 0.25) is 0 Å². The molecule has 156 valence electrons. The van der Waals surface area contributed by atoms with Gasteiger partial charge in [-0.1, -0.05) is 44.2 Å². The number of hydrogen-bond acceptors (Lipinski definition) is 4. The van der Waals surface area contributed by atoms with Crippen LogP contribution in [0, 0.1) is 0 Å². The fourth-order valence-corrected chi connectivity index (χ4v) is 3.62. The van der Waals surface area contributed by atoms with E-state index in [-0.39, 0.29) is 5.91 Å². The maximum Gasteiger partial charge on any atom is 0.256 e. The third-order valence-corrected chi connectivity index (χ3v) is 5.21. The van der Waals surface area contributed by atoms with Gasteiger partial charge in [0.25, 0.3) is 5.91 Å². The number of hydrogen-bond donors (Lipinski definition) is 1. The molecular formula is C24H29N5O. The fraction of sp³-hybridized carbons (Fsp3) is 0.333. The summed E-state index contributed by atoms with van der Waals surface area (Å²) in [6.45, 7) is 9.59. The van der Waals surface area contributed by atoms with Gasteiger partial charge >= 0.3 is 0 Å². The maximum atomic E-state index is 13.1. The summed E-state index contributed by atoms with van der Waals surface area (Å²) < 4.78 is 0. The first-order valence-corrected chi connectivity index (χ1v) is 10.4. The minimum absolute atomic E-state index is 0.0260. The molecule has 0 bridgehead atoms. The fourth-order valence-electron chi connectivity index (χ4n) is 3.62. The van der Waals surface area contributed by atoms with Crippen LogP contribution in [-0.2, 0) is 17.8 Å². The zero-order valence-corrected chi connectivity index (χ0v) is 17.8. The highest BCUT2D eigenvalue weighted by Gasteiger charge is 2.26. The Balaban J connectivity index is 1.78. The van der Waals surface area contributed by atoms with Crippen LogP contribution in [0.3, 0.4) is 0 Å². The number of fused-ring (bicyclic) bond motifs is 1. The topological polar surface area (TPSA) is 73.7 Å². The van der Waals surface area contributed by atoms with Gasteiger partial charge in [-0.05, 0) is 30.1 Å². The molecule has 0 saturated heterocycles. The number of amides is 1. The average molecular weight is 404 g/mol. The summed E-state index contributed by atoms with van der Waals surface area (Å²) in [5, 5.41) is 0. The molecule has 1 aromatic heterocycles. The molecule has 2 aliphatic rings. The molecule has 0 radical (unpaired) electrons. The second-order valence-corrected chi connectivity index (χ2v) is 7.23. The van der Waals surface area contributed by atoms with Crippen molar-refractivity contribution in [3.8, 4) is 0 Å². The molecule has 0 saturated carbocycles. The number of aliphatic imine (C=N–C) groups is 2. The molecule has 3 rings (SSSR count). The maximum absolute atomic E-state index is 13.1. The Morgan fingerprint density at radius 1 is 1.43 bits per heavy atom. The summed E-state index contributed by atoms with van der Waals surface area (Å²) in [5.74, 6) is 0.0260. The molecule has 6 heteroatoms. The van der Waals surface area contributed by atoms with E-state index >= 15 is 0 Å². The van der Waals surface area contributed by atoms with Crippen molar-refractivity contribution in [2.45, 2.75) is 39.7 Å². The largest absolute Gasteiger partial charge is 0.347 e. The van der Waals surface area contributed by atoms with Crippen LogP contribution in [0.15, 0.2) is 75.7 Å². The van der Waals surface area contributed by atoms with Gasteiger partial charge in [-0.2, -0.15) is 0 Å². The smallest absolute Gasteiger partial charge is 0.256 e. The molecule has 0 atom stereocenters. The number of H-pyrrole nitrogens is 1. The van der Waals surface area contributed by atoms with E-state index in [0.717, 1.165) is 47.4 Å². The molecule has 2 aliphatic heterocycles. The molecule has 3 heterocycles. The van der Waals surface area contributed by atoms with Gasteiger partial charge in [0, 0.05) is 31.6 Å². The van der Waals surface area contributed by atoms with Crippen LogP contribution < -0.4 is 0 Å². The van der Waals surface area contributed by atoms with E-state index in [4.69, 9.17) is 0 Å². The first-order chi connectivity index (χ1) is 14.7. The molecule has 1 amide bonds. The van der Waals surface area contributed by atoms with Crippen LogP contribution in [0.25, 0.3) is 0 Å². The lowest BCUT2D eigenvalue weighted by Crippen LogP contribution is -2.37. The van der Waals surface area contributed by atoms with Gasteiger partial charge in [0.1, 0.15) is 0 Å². The Morgan fingerprint density at radius 3 is 3.07 bits per heavy atom. The Labute approximate surface area is 178 Å². The highest BCUT2D eigenvalue weighted by molar-refractivity contribution is 6.14. The first kappa shape index (κ1) is 21.4. The van der Waals surface area contributed by atoms with E-state index < -0.39 is 0 Å². The van der Waals surface area contributed by atoms with Gasteiger partial charge in [0.15, 0.2) is 0 Å². The predicted octanol–water partition coefficient (Wildman–Crippen LogP) is 4.12. The minimum atomic E-state index is 0.0260. The third kappa shape index (κ3) is 5.00. The van der Waals surface area contributed by atoms with Gasteiger partial charge in [0.05, 0.1) is 36.4 Å². The van der Waals surface area contributed by atoms with Crippen LogP contribution in [0.1, 0.15) is 38.1 Å². The van der Waals surface area contributed by atoms with Gasteiger partial charge in [-0.25, -0.2) is 4.98 Å². The van der Waals surface area contributed by atoms with Crippen LogP contribution >= 0.6 is 0 Å². The van der Waals surface area contributed by atoms with Crippen LogP contribution in [0.5, 0.6) is 0 Å². The Hall–Kier alpha value is -3.28. The number of nitrogens with zero attached hydrogens (tertiary/aromatic N) is 4. The number of nitrogens with one attached hydrogen (secondary N) is 1. The van der Waals surface area contributed by atoms with E-state index in [1.807, 2.05) is 24.1 Å². The van der Waals surface area contributed by atoms with Crippen molar-refractivity contribution in [3.63, 3.8) is 0 Å². The minimum Gasteiger partial charge on any atom is -0.347 e. The molecule has 1 N–H and O–H groups in total. The molecule has 0 fully saturated rings. The van der Waals surface area contributed by atoms with E-state index in [1.165, 1.54) is 0 Å². The summed E-state index contributed by atoms with van der Waals surface area (Å²) in [7, 11) is 0. The van der Waals surface area contributed by atoms with Crippen LogP contribution in [0.4, 0.5) is 0 Å². The Kier molecular flexibility index (Phi) is 7.49. The summed E-state index contributed by atoms with van der Waals surface area (Å²) >= 11 is 0. The van der Waals surface area contributed by atoms with Crippen LogP contribution in [-0.4, -0.2) is 46.3 Å². The van der Waals surface area contributed by atoms with Crippen molar-refractivity contribution in [3.05, 3.63) is 77.1 Å². The average Bonchev–Trinajstić information content (AvgIpc) is 3.42. The molecule has 0 aromatic carbocycles. The number of rotatable bonds is 8. The van der Waals surface area contributed by atoms with E-state index in [9.17, 15) is 4.79 Å². The molecule has 6 nitrogen and oxygen atoms in total. The predicted molar refractivity (Wildman–Crippen MR) is 123 cm³/mol. The zero-order valence-electron chi connectivity index (χ0n) is 17.8. The molecule has 30 heavy (non-hydrogen) atoms. The summed E-state index contributed by atoms with van der Waals surface area (Å²) in [5.41, 5.74) is 5.96. The molecular weight excluding hydrogens is 374 g/mol. The number of allylic oxidation sites excluding steroid dienone is 5. The van der Waals surface area contributed by atoms with E-state index in [2.05, 4.69) is 45.6 Å². The molecule has 1 aromatic rings. The summed E-state index contributed by atoms with van der Waals surface area (Å²) in [6.07, 6.45) is 17.5. The Morgan fingerprint density at radius 2 is 2.30 bits per heavy atom. The number of carbonyl (C=O) groups is 1. The van der Waals surface area contributed by atoms with Crippen molar-refractivity contribution in [1.29, 1.82) is 0 Å². The lowest BCUT2D eigenvalue weighted by molar-refractivity contribution is -0.127. The first-order valence-electron chi connectivity index (χ1n) is 10.4. The lowest BCUT2D eigenvalue weighted by atomic mass is 10.00. The highest BCUT2D eigenvalue weighted by Crippen LogP contribution is 2.23. The lowest BCUT2D eigenvalue weighted by Gasteiger charge is -2.26. The molecule has 0 aliphatic carbocycles. The number of aromatic nitrogens is 2. The number of imidazole rings is 1. The second kappa shape index (κ2) is 10.5. The molecule has 0 spiro atoms. The standard InChI is InChI=1S/C24H29N5O/c1-4-7-19(13-25-11-5-2)18(6-3)8-9-20-14-26-15-21(20)24(30)29-12-10-22-23(16-29)28-17-27-22/h5-6,8-9,11,13,15,17H,2,4,7,10,12,14,16H2,1,3H3,(H,27,28)/b9-8-,18-6+,19-13+,25-11?. The van der Waals surface area contributed by atoms with Gasteiger partial charge in [-0.3, -0.25) is 14.8 Å². The van der Waals surface area contributed by atoms with Crippen molar-refractivity contribution < 1.29 is 4.79 Å². The van der Waals surface area contributed by atoms with Crippen molar-refractivity contribution in [2.75, 3.05) is 13.1 Å². The van der Waals surface area contributed by atoms with Gasteiger partial charge < -0.3 is 9.88 Å². The van der Waals surface area contributed by atoms with Crippen molar-refractivity contribution in [1.82, 2.24) is 14.9 Å². The summed E-state index contributed by atoms with van der Waals surface area (Å²) in [4.78, 5) is 31.1. The molecule has 0 unspecified atom stereocenters. The van der Waals surface area contributed by atoms with E-state index in [0.29, 0.717) is 25.2 Å². The third-order valence-electron chi connectivity index (χ3n) is 5.21. The quantitative estimate of drug-likeness (QED) is 0.524. The number of carbonyl (C=O) groups excluding carboxylic acids is 1. The SMILES string of the molecule is C=CC=N/C=C(CCC)/C(/C=C\C1=C(C(=O)N2CCc3nc[nH]c3C2)C=NC1)=C/C. The summed E-state index contributed by atoms with van der Waals surface area (Å²) in [6, 6.07) is 0. The van der Waals surface area contributed by atoms with E-state index in [1.54, 1.807) is 24.8 Å². The highest BCUT2D eigenvalue weighted by atomic mass is 16.2.